The summed E-state index contributed by atoms with van der Waals surface area (Å²) in [5, 5.41) is 14.3. The van der Waals surface area contributed by atoms with Gasteiger partial charge in [-0.3, -0.25) is 0 Å². The van der Waals surface area contributed by atoms with Gasteiger partial charge in [-0.2, -0.15) is 4.98 Å². The van der Waals surface area contributed by atoms with Crippen LogP contribution in [0.5, 0.6) is 0 Å². The molecule has 5 nitrogen and oxygen atoms in total. The standard InChI is InChI=1S/C22H30N4O/c1-3-9-17(4-2)13-14-23-21-19-11-5-6-12-20(19)24-22(25-21)26-15-8-7-10-18(26)16-27/h3-6,9,11-12,18,27H,7-8,10,13-16H2,1-2H3,(H,23,24,25)/b9-3-,17-4+. The van der Waals surface area contributed by atoms with Gasteiger partial charge in [0.2, 0.25) is 5.95 Å². The van der Waals surface area contributed by atoms with Crippen molar-refractivity contribution in [3.8, 4) is 0 Å². The molecule has 0 aliphatic carbocycles. The van der Waals surface area contributed by atoms with Crippen molar-refractivity contribution >= 4 is 22.7 Å². The maximum absolute atomic E-state index is 9.76. The van der Waals surface area contributed by atoms with Gasteiger partial charge >= 0.3 is 0 Å². The van der Waals surface area contributed by atoms with E-state index in [0.717, 1.165) is 61.4 Å². The van der Waals surface area contributed by atoms with Crippen LogP contribution in [0.2, 0.25) is 0 Å². The minimum absolute atomic E-state index is 0.108. The van der Waals surface area contributed by atoms with Gasteiger partial charge in [-0.15, -0.1) is 0 Å². The lowest BCUT2D eigenvalue weighted by Gasteiger charge is -2.34. The summed E-state index contributed by atoms with van der Waals surface area (Å²) in [5.41, 5.74) is 2.24. The van der Waals surface area contributed by atoms with Crippen LogP contribution in [0, 0.1) is 0 Å². The van der Waals surface area contributed by atoms with Crippen LogP contribution in [0.4, 0.5) is 11.8 Å². The van der Waals surface area contributed by atoms with Gasteiger partial charge in [-0.05, 0) is 51.7 Å². The first-order chi connectivity index (χ1) is 13.3. The highest BCUT2D eigenvalue weighted by atomic mass is 16.3. The summed E-state index contributed by atoms with van der Waals surface area (Å²) < 4.78 is 0. The van der Waals surface area contributed by atoms with E-state index in [4.69, 9.17) is 9.97 Å². The number of rotatable bonds is 7. The molecule has 0 saturated carbocycles. The summed E-state index contributed by atoms with van der Waals surface area (Å²) >= 11 is 0. The van der Waals surface area contributed by atoms with Crippen LogP contribution < -0.4 is 10.2 Å². The van der Waals surface area contributed by atoms with E-state index in [1.165, 1.54) is 5.57 Å². The molecule has 0 amide bonds. The Bertz CT molecular complexity index is 815. The number of aliphatic hydroxyl groups is 1. The number of hydrogen-bond acceptors (Lipinski definition) is 5. The molecule has 0 radical (unpaired) electrons. The molecule has 2 heterocycles. The molecule has 27 heavy (non-hydrogen) atoms. The van der Waals surface area contributed by atoms with Gasteiger partial charge in [0.25, 0.3) is 0 Å². The number of allylic oxidation sites excluding steroid dienone is 3. The summed E-state index contributed by atoms with van der Waals surface area (Å²) in [6, 6.07) is 8.22. The maximum Gasteiger partial charge on any atom is 0.228 e. The fraction of sp³-hybridized carbons (Fsp3) is 0.455. The van der Waals surface area contributed by atoms with Crippen molar-refractivity contribution in [1.82, 2.24) is 9.97 Å². The summed E-state index contributed by atoms with van der Waals surface area (Å²) in [4.78, 5) is 11.8. The van der Waals surface area contributed by atoms with Gasteiger partial charge in [0.1, 0.15) is 5.82 Å². The van der Waals surface area contributed by atoms with Crippen molar-refractivity contribution in [3.05, 3.63) is 48.1 Å². The molecule has 2 aromatic rings. The van der Waals surface area contributed by atoms with E-state index < -0.39 is 0 Å². The van der Waals surface area contributed by atoms with Crippen LogP contribution >= 0.6 is 0 Å². The second-order valence-corrected chi connectivity index (χ2v) is 6.96. The molecular weight excluding hydrogens is 336 g/mol. The third-order valence-electron chi connectivity index (χ3n) is 5.14. The topological polar surface area (TPSA) is 61.3 Å². The first-order valence-corrected chi connectivity index (χ1v) is 9.93. The van der Waals surface area contributed by atoms with Crippen LogP contribution in [0.15, 0.2) is 48.1 Å². The van der Waals surface area contributed by atoms with E-state index in [-0.39, 0.29) is 12.6 Å². The van der Waals surface area contributed by atoms with Crippen molar-refractivity contribution < 1.29 is 5.11 Å². The van der Waals surface area contributed by atoms with Gasteiger partial charge in [0.15, 0.2) is 0 Å². The molecule has 1 atom stereocenters. The fourth-order valence-electron chi connectivity index (χ4n) is 3.64. The Morgan fingerprint density at radius 2 is 2.11 bits per heavy atom. The Hall–Kier alpha value is -2.40. The molecule has 5 heteroatoms. The minimum atomic E-state index is 0.108. The molecule has 1 fully saturated rings. The Morgan fingerprint density at radius 1 is 1.26 bits per heavy atom. The zero-order valence-corrected chi connectivity index (χ0v) is 16.4. The van der Waals surface area contributed by atoms with E-state index in [2.05, 4.69) is 41.4 Å². The number of nitrogens with zero attached hydrogens (tertiary/aromatic N) is 3. The van der Waals surface area contributed by atoms with Crippen LogP contribution in [0.1, 0.15) is 39.5 Å². The molecule has 1 aromatic carbocycles. The number of hydrogen-bond donors (Lipinski definition) is 2. The second kappa shape index (κ2) is 9.51. The lowest BCUT2D eigenvalue weighted by atomic mass is 10.0. The third kappa shape index (κ3) is 4.66. The second-order valence-electron chi connectivity index (χ2n) is 6.96. The van der Waals surface area contributed by atoms with Gasteiger partial charge in [0.05, 0.1) is 18.2 Å². The van der Waals surface area contributed by atoms with E-state index in [0.29, 0.717) is 0 Å². The van der Waals surface area contributed by atoms with Gasteiger partial charge < -0.3 is 15.3 Å². The normalized spacial score (nSPS) is 18.4. The number of anilines is 2. The molecule has 1 aliphatic heterocycles. The molecule has 3 rings (SSSR count). The van der Waals surface area contributed by atoms with E-state index in [9.17, 15) is 5.11 Å². The number of para-hydroxylation sites is 1. The zero-order valence-electron chi connectivity index (χ0n) is 16.4. The summed E-state index contributed by atoms with van der Waals surface area (Å²) in [6.45, 7) is 5.96. The number of aromatic nitrogens is 2. The van der Waals surface area contributed by atoms with E-state index >= 15 is 0 Å². The monoisotopic (exact) mass is 366 g/mol. The molecule has 0 spiro atoms. The van der Waals surface area contributed by atoms with Gasteiger partial charge in [-0.1, -0.05) is 35.9 Å². The van der Waals surface area contributed by atoms with Crippen molar-refractivity contribution in [2.75, 3.05) is 29.9 Å². The molecule has 144 valence electrons. The maximum atomic E-state index is 9.76. The predicted molar refractivity (Wildman–Crippen MR) is 113 cm³/mol. The highest BCUT2D eigenvalue weighted by Gasteiger charge is 2.24. The smallest absolute Gasteiger partial charge is 0.228 e. The summed E-state index contributed by atoms with van der Waals surface area (Å²) in [5.74, 6) is 1.59. The Morgan fingerprint density at radius 3 is 2.89 bits per heavy atom. The van der Waals surface area contributed by atoms with Crippen molar-refractivity contribution in [2.45, 2.75) is 45.6 Å². The lowest BCUT2D eigenvalue weighted by molar-refractivity contribution is 0.239. The van der Waals surface area contributed by atoms with Crippen molar-refractivity contribution in [2.24, 2.45) is 0 Å². The average Bonchev–Trinajstić information content (AvgIpc) is 2.72. The average molecular weight is 367 g/mol. The Balaban J connectivity index is 1.87. The number of fused-ring (bicyclic) bond motifs is 1. The van der Waals surface area contributed by atoms with E-state index in [1.807, 2.05) is 25.1 Å². The summed E-state index contributed by atoms with van der Waals surface area (Å²) in [7, 11) is 0. The Kier molecular flexibility index (Phi) is 6.82. The quantitative estimate of drug-likeness (QED) is 0.715. The summed E-state index contributed by atoms with van der Waals surface area (Å²) in [6.07, 6.45) is 10.6. The number of benzene rings is 1. The number of aliphatic hydroxyl groups excluding tert-OH is 1. The number of piperidine rings is 1. The molecule has 2 N–H and O–H groups in total. The largest absolute Gasteiger partial charge is 0.394 e. The van der Waals surface area contributed by atoms with Crippen molar-refractivity contribution in [3.63, 3.8) is 0 Å². The molecule has 1 aromatic heterocycles. The predicted octanol–water partition coefficient (Wildman–Crippen LogP) is 4.31. The molecule has 0 bridgehead atoms. The molecule has 1 saturated heterocycles. The molecular formula is C22H30N4O. The lowest BCUT2D eigenvalue weighted by Crippen LogP contribution is -2.43. The SMILES string of the molecule is C/C=C\C(=C/C)CCNc1nc(N2CCCCC2CO)nc2ccccc12. The Labute approximate surface area is 161 Å². The van der Waals surface area contributed by atoms with Crippen LogP contribution in [-0.4, -0.2) is 40.8 Å². The fourth-order valence-corrected chi connectivity index (χ4v) is 3.64. The highest BCUT2D eigenvalue weighted by Crippen LogP contribution is 2.27. The zero-order chi connectivity index (χ0) is 19.1. The molecule has 1 unspecified atom stereocenters. The molecule has 1 aliphatic rings. The third-order valence-corrected chi connectivity index (χ3v) is 5.14. The van der Waals surface area contributed by atoms with Crippen LogP contribution in [0.3, 0.4) is 0 Å². The van der Waals surface area contributed by atoms with Crippen LogP contribution in [-0.2, 0) is 0 Å². The van der Waals surface area contributed by atoms with Gasteiger partial charge in [-0.25, -0.2) is 4.98 Å². The number of nitrogens with one attached hydrogen (secondary N) is 1. The van der Waals surface area contributed by atoms with Crippen molar-refractivity contribution in [1.29, 1.82) is 0 Å². The minimum Gasteiger partial charge on any atom is -0.394 e. The first kappa shape index (κ1) is 19.4. The highest BCUT2D eigenvalue weighted by molar-refractivity contribution is 5.90. The van der Waals surface area contributed by atoms with E-state index in [1.54, 1.807) is 0 Å². The first-order valence-electron chi connectivity index (χ1n) is 9.93. The van der Waals surface area contributed by atoms with Crippen LogP contribution in [0.25, 0.3) is 10.9 Å². The van der Waals surface area contributed by atoms with Gasteiger partial charge in [0, 0.05) is 18.5 Å².